The molecule has 1 nitrogen and oxygen atoms in total. The van der Waals surface area contributed by atoms with Crippen LogP contribution in [0.1, 0.15) is 25.3 Å². The Labute approximate surface area is 123 Å². The van der Waals surface area contributed by atoms with Crippen molar-refractivity contribution in [1.82, 2.24) is 5.32 Å². The van der Waals surface area contributed by atoms with Crippen molar-refractivity contribution in [3.8, 4) is 0 Å². The zero-order valence-electron chi connectivity index (χ0n) is 12.0. The van der Waals surface area contributed by atoms with Gasteiger partial charge in [-0.05, 0) is 25.3 Å². The second-order valence-corrected chi connectivity index (χ2v) is 5.62. The summed E-state index contributed by atoms with van der Waals surface area (Å²) in [5, 5.41) is 3.19. The zero-order valence-corrected chi connectivity index (χ0v) is 12.0. The Morgan fingerprint density at radius 2 is 1.90 bits per heavy atom. The zero-order chi connectivity index (χ0) is 15.3. The topological polar surface area (TPSA) is 12.0 Å². The first-order chi connectivity index (χ1) is 9.93. The summed E-state index contributed by atoms with van der Waals surface area (Å²) in [5.74, 6) is 0. The molecule has 0 fully saturated rings. The maximum atomic E-state index is 13.4. The highest BCUT2D eigenvalue weighted by molar-refractivity contribution is 5.19. The van der Waals surface area contributed by atoms with Crippen LogP contribution in [0.25, 0.3) is 0 Å². The Morgan fingerprint density at radius 1 is 1.19 bits per heavy atom. The number of halogens is 3. The van der Waals surface area contributed by atoms with Crippen molar-refractivity contribution in [1.29, 1.82) is 0 Å². The van der Waals surface area contributed by atoms with Gasteiger partial charge in [-0.25, -0.2) is 0 Å². The van der Waals surface area contributed by atoms with Crippen molar-refractivity contribution in [2.75, 3.05) is 0 Å². The van der Waals surface area contributed by atoms with Gasteiger partial charge in [-0.15, -0.1) is 0 Å². The standard InChI is InChI=1S/C17H20F3N/c1-14(21-13-15-8-4-2-5-9-15)12-16(17(18,19)20)10-6-3-7-11-16/h2-10,14,21H,11-13H2,1H3. The number of hydrogen-bond acceptors (Lipinski definition) is 1. The smallest absolute Gasteiger partial charge is 0.310 e. The van der Waals surface area contributed by atoms with E-state index < -0.39 is 11.6 Å². The van der Waals surface area contributed by atoms with Gasteiger partial charge in [0.1, 0.15) is 0 Å². The van der Waals surface area contributed by atoms with E-state index in [2.05, 4.69) is 5.32 Å². The molecule has 1 aromatic carbocycles. The second kappa shape index (κ2) is 6.48. The molecule has 2 unspecified atom stereocenters. The lowest BCUT2D eigenvalue weighted by Gasteiger charge is -2.36. The minimum absolute atomic E-state index is 0.0182. The first-order valence-electron chi connectivity index (χ1n) is 7.11. The van der Waals surface area contributed by atoms with Gasteiger partial charge in [0.25, 0.3) is 0 Å². The van der Waals surface area contributed by atoms with E-state index in [1.54, 1.807) is 12.2 Å². The van der Waals surface area contributed by atoms with E-state index in [1.807, 2.05) is 37.3 Å². The number of nitrogens with one attached hydrogen (secondary N) is 1. The molecule has 21 heavy (non-hydrogen) atoms. The minimum Gasteiger partial charge on any atom is -0.310 e. The molecular weight excluding hydrogens is 275 g/mol. The fraction of sp³-hybridized carbons (Fsp3) is 0.412. The average Bonchev–Trinajstić information content (AvgIpc) is 2.46. The van der Waals surface area contributed by atoms with Crippen LogP contribution in [0.15, 0.2) is 54.6 Å². The molecule has 0 spiro atoms. The van der Waals surface area contributed by atoms with Crippen molar-refractivity contribution < 1.29 is 13.2 Å². The second-order valence-electron chi connectivity index (χ2n) is 5.62. The lowest BCUT2D eigenvalue weighted by Crippen LogP contribution is -2.42. The molecule has 4 heteroatoms. The molecule has 1 aliphatic rings. The molecule has 1 aromatic rings. The van der Waals surface area contributed by atoms with Gasteiger partial charge in [0, 0.05) is 12.6 Å². The molecule has 0 amide bonds. The monoisotopic (exact) mass is 295 g/mol. The molecule has 0 bridgehead atoms. The maximum Gasteiger partial charge on any atom is 0.398 e. The van der Waals surface area contributed by atoms with Crippen molar-refractivity contribution in [2.24, 2.45) is 5.41 Å². The fourth-order valence-corrected chi connectivity index (χ4v) is 2.65. The third kappa shape index (κ3) is 3.97. The Kier molecular flexibility index (Phi) is 4.88. The van der Waals surface area contributed by atoms with Crippen molar-refractivity contribution in [3.63, 3.8) is 0 Å². The van der Waals surface area contributed by atoms with Crippen molar-refractivity contribution in [3.05, 3.63) is 60.2 Å². The van der Waals surface area contributed by atoms with Crippen LogP contribution < -0.4 is 5.32 Å². The minimum atomic E-state index is -4.23. The number of rotatable bonds is 5. The number of benzene rings is 1. The van der Waals surface area contributed by atoms with Crippen LogP contribution >= 0.6 is 0 Å². The van der Waals surface area contributed by atoms with Gasteiger partial charge in [-0.2, -0.15) is 13.2 Å². The van der Waals surface area contributed by atoms with Crippen LogP contribution in [-0.2, 0) is 6.54 Å². The van der Waals surface area contributed by atoms with Gasteiger partial charge in [0.2, 0.25) is 0 Å². The molecule has 0 radical (unpaired) electrons. The molecule has 114 valence electrons. The Hall–Kier alpha value is -1.55. The third-order valence-electron chi connectivity index (χ3n) is 3.88. The molecule has 0 heterocycles. The number of hydrogen-bond donors (Lipinski definition) is 1. The summed E-state index contributed by atoms with van der Waals surface area (Å²) in [6.45, 7) is 2.39. The summed E-state index contributed by atoms with van der Waals surface area (Å²) < 4.78 is 40.2. The SMILES string of the molecule is CC(CC1(C(F)(F)F)C=CC=CC1)NCc1ccccc1. The van der Waals surface area contributed by atoms with Crippen LogP contribution in [0.4, 0.5) is 13.2 Å². The van der Waals surface area contributed by atoms with Crippen LogP contribution in [-0.4, -0.2) is 12.2 Å². The van der Waals surface area contributed by atoms with Crippen molar-refractivity contribution >= 4 is 0 Å². The van der Waals surface area contributed by atoms with Gasteiger partial charge in [0.15, 0.2) is 0 Å². The van der Waals surface area contributed by atoms with Gasteiger partial charge in [-0.3, -0.25) is 0 Å². The van der Waals surface area contributed by atoms with Crippen LogP contribution in [0.2, 0.25) is 0 Å². The van der Waals surface area contributed by atoms with E-state index in [1.165, 1.54) is 12.2 Å². The summed E-state index contributed by atoms with van der Waals surface area (Å²) in [7, 11) is 0. The molecular formula is C17H20F3N. The molecule has 0 saturated heterocycles. The molecule has 0 aromatic heterocycles. The molecule has 0 aliphatic heterocycles. The van der Waals surface area contributed by atoms with Gasteiger partial charge in [0.05, 0.1) is 5.41 Å². The molecule has 1 aliphatic carbocycles. The van der Waals surface area contributed by atoms with E-state index in [4.69, 9.17) is 0 Å². The normalized spacial score (nSPS) is 23.2. The predicted molar refractivity (Wildman–Crippen MR) is 78.7 cm³/mol. The highest BCUT2D eigenvalue weighted by atomic mass is 19.4. The van der Waals surface area contributed by atoms with E-state index in [9.17, 15) is 13.2 Å². The lowest BCUT2D eigenvalue weighted by atomic mass is 9.76. The fourth-order valence-electron chi connectivity index (χ4n) is 2.65. The average molecular weight is 295 g/mol. The van der Waals surface area contributed by atoms with E-state index in [-0.39, 0.29) is 18.9 Å². The van der Waals surface area contributed by atoms with E-state index >= 15 is 0 Å². The summed E-state index contributed by atoms with van der Waals surface area (Å²) in [4.78, 5) is 0. The maximum absolute atomic E-state index is 13.4. The van der Waals surface area contributed by atoms with Crippen LogP contribution in [0.3, 0.4) is 0 Å². The first kappa shape index (κ1) is 15.8. The van der Waals surface area contributed by atoms with Crippen LogP contribution in [0, 0.1) is 5.41 Å². The lowest BCUT2D eigenvalue weighted by molar-refractivity contribution is -0.209. The third-order valence-corrected chi connectivity index (χ3v) is 3.88. The molecule has 2 rings (SSSR count). The summed E-state index contributed by atoms with van der Waals surface area (Å²) in [6, 6.07) is 9.47. The quantitative estimate of drug-likeness (QED) is 0.836. The largest absolute Gasteiger partial charge is 0.398 e. The van der Waals surface area contributed by atoms with E-state index in [0.29, 0.717) is 6.54 Å². The number of allylic oxidation sites excluding steroid dienone is 4. The highest BCUT2D eigenvalue weighted by Crippen LogP contribution is 2.47. The first-order valence-corrected chi connectivity index (χ1v) is 7.11. The molecule has 0 saturated carbocycles. The summed E-state index contributed by atoms with van der Waals surface area (Å²) in [6.07, 6.45) is 1.91. The van der Waals surface area contributed by atoms with Gasteiger partial charge >= 0.3 is 6.18 Å². The Morgan fingerprint density at radius 3 is 2.48 bits per heavy atom. The van der Waals surface area contributed by atoms with Crippen LogP contribution in [0.5, 0.6) is 0 Å². The number of alkyl halides is 3. The predicted octanol–water partition coefficient (Wildman–Crippen LogP) is 4.62. The van der Waals surface area contributed by atoms with E-state index in [0.717, 1.165) is 5.56 Å². The highest BCUT2D eigenvalue weighted by Gasteiger charge is 2.52. The van der Waals surface area contributed by atoms with Crippen molar-refractivity contribution in [2.45, 2.75) is 38.5 Å². The Bertz CT molecular complexity index is 505. The molecule has 2 atom stereocenters. The molecule has 1 N–H and O–H groups in total. The van der Waals surface area contributed by atoms with Gasteiger partial charge < -0.3 is 5.32 Å². The summed E-state index contributed by atoms with van der Waals surface area (Å²) in [5.41, 5.74) is -0.672. The summed E-state index contributed by atoms with van der Waals surface area (Å²) >= 11 is 0. The van der Waals surface area contributed by atoms with Gasteiger partial charge in [-0.1, -0.05) is 54.6 Å². The Balaban J connectivity index is 1.98.